The Bertz CT molecular complexity index is 1510. The number of amidine groups is 1. The van der Waals surface area contributed by atoms with Gasteiger partial charge in [-0.2, -0.15) is 5.10 Å². The molecule has 1 spiro atoms. The topological polar surface area (TPSA) is 70.8 Å². The van der Waals surface area contributed by atoms with Crippen LogP contribution >= 0.6 is 0 Å². The smallest absolute Gasteiger partial charge is 0.256 e. The molecular formula is C32H35N5O2. The molecular weight excluding hydrogens is 486 g/mol. The molecule has 1 aromatic heterocycles. The number of carbonyl (C=O) groups excluding carboxylic acids is 2. The van der Waals surface area contributed by atoms with Crippen molar-refractivity contribution in [3.63, 3.8) is 0 Å². The van der Waals surface area contributed by atoms with E-state index in [1.807, 2.05) is 33.9 Å². The number of hydrogen-bond donors (Lipinski definition) is 0. The summed E-state index contributed by atoms with van der Waals surface area (Å²) in [7, 11) is 1.93. The molecule has 0 N–H and O–H groups in total. The van der Waals surface area contributed by atoms with Gasteiger partial charge < -0.3 is 4.90 Å². The van der Waals surface area contributed by atoms with Crippen molar-refractivity contribution in [3.8, 4) is 22.3 Å². The van der Waals surface area contributed by atoms with Gasteiger partial charge in [0, 0.05) is 49.4 Å². The average Bonchev–Trinajstić information content (AvgIpc) is 3.74. The Balaban J connectivity index is 1.11. The van der Waals surface area contributed by atoms with E-state index < -0.39 is 5.54 Å². The van der Waals surface area contributed by atoms with Gasteiger partial charge >= 0.3 is 0 Å². The molecule has 2 amide bonds. The van der Waals surface area contributed by atoms with Crippen molar-refractivity contribution in [1.82, 2.24) is 19.6 Å². The van der Waals surface area contributed by atoms with Gasteiger partial charge in [-0.3, -0.25) is 24.2 Å². The van der Waals surface area contributed by atoms with E-state index in [1.54, 1.807) is 0 Å². The van der Waals surface area contributed by atoms with E-state index in [0.717, 1.165) is 84.4 Å². The van der Waals surface area contributed by atoms with E-state index >= 15 is 0 Å². The van der Waals surface area contributed by atoms with Crippen LogP contribution in [0.4, 0.5) is 0 Å². The van der Waals surface area contributed by atoms with E-state index in [2.05, 4.69) is 61.4 Å². The van der Waals surface area contributed by atoms with Crippen LogP contribution in [0.1, 0.15) is 50.2 Å². The van der Waals surface area contributed by atoms with Gasteiger partial charge in [0.25, 0.3) is 5.91 Å². The zero-order valence-corrected chi connectivity index (χ0v) is 23.0. The summed E-state index contributed by atoms with van der Waals surface area (Å²) in [5.74, 6) is 1.54. The van der Waals surface area contributed by atoms with Crippen LogP contribution in [0.5, 0.6) is 0 Å². The van der Waals surface area contributed by atoms with Crippen LogP contribution in [0.2, 0.25) is 0 Å². The van der Waals surface area contributed by atoms with Gasteiger partial charge in [0.05, 0.1) is 6.20 Å². The van der Waals surface area contributed by atoms with Crippen LogP contribution in [0.3, 0.4) is 0 Å². The molecule has 0 unspecified atom stereocenters. The maximum Gasteiger partial charge on any atom is 0.256 e. The Hall–Kier alpha value is -3.74. The first-order valence-corrected chi connectivity index (χ1v) is 14.2. The highest BCUT2D eigenvalue weighted by molar-refractivity contribution is 6.17. The number of rotatable bonds is 6. The van der Waals surface area contributed by atoms with Crippen molar-refractivity contribution in [2.45, 2.75) is 51.5 Å². The quantitative estimate of drug-likeness (QED) is 0.466. The molecule has 2 aliphatic carbocycles. The minimum Gasteiger partial charge on any atom is -0.342 e. The Labute approximate surface area is 229 Å². The van der Waals surface area contributed by atoms with Crippen molar-refractivity contribution in [1.29, 1.82) is 0 Å². The molecule has 2 aromatic carbocycles. The fourth-order valence-electron chi connectivity index (χ4n) is 6.20. The fourth-order valence-corrected chi connectivity index (χ4v) is 6.20. The predicted molar refractivity (Wildman–Crippen MR) is 151 cm³/mol. The second kappa shape index (κ2) is 8.63. The third kappa shape index (κ3) is 4.19. The first-order chi connectivity index (χ1) is 18.7. The molecule has 0 bridgehead atoms. The zero-order valence-electron chi connectivity index (χ0n) is 23.0. The molecule has 2 saturated carbocycles. The molecule has 0 radical (unpaired) electrons. The van der Waals surface area contributed by atoms with Gasteiger partial charge in [-0.05, 0) is 67.2 Å². The number of aryl methyl sites for hydroxylation is 2. The number of aliphatic imine (C=N–C) groups is 1. The fraction of sp³-hybridized carbons (Fsp3) is 0.438. The molecule has 7 nitrogen and oxygen atoms in total. The minimum absolute atomic E-state index is 0.138. The third-order valence-electron chi connectivity index (χ3n) is 9.20. The normalized spacial score (nSPS) is 22.5. The number of hydrogen-bond acceptors (Lipinski definition) is 4. The summed E-state index contributed by atoms with van der Waals surface area (Å²) in [5.41, 5.74) is 6.00. The molecule has 1 atom stereocenters. The molecule has 200 valence electrons. The first kappa shape index (κ1) is 24.3. The van der Waals surface area contributed by atoms with Crippen molar-refractivity contribution in [2.24, 2.45) is 23.4 Å². The number of amides is 2. The first-order valence-electron chi connectivity index (χ1n) is 14.2. The van der Waals surface area contributed by atoms with Crippen LogP contribution in [0, 0.1) is 18.3 Å². The van der Waals surface area contributed by atoms with Crippen molar-refractivity contribution in [3.05, 3.63) is 66.0 Å². The largest absolute Gasteiger partial charge is 0.342 e. The number of benzene rings is 2. The standard InChI is InChI=1S/C32H35N5O2/c1-21-16-25(23-4-6-24(7-5-23)26-17-33-35(3)20-26)8-9-27(21)28-34-32(13-14-32)30(39)37(28)19-22-10-15-36(18-22)29(38)31(2)11-12-31/h4-9,16-17,20,22H,10-15,18-19H2,1-3H3/t22-/m1/s1. The Morgan fingerprint density at radius 1 is 1.00 bits per heavy atom. The summed E-state index contributed by atoms with van der Waals surface area (Å²) in [6.07, 6.45) is 8.51. The molecule has 3 fully saturated rings. The lowest BCUT2D eigenvalue weighted by atomic mass is 9.97. The van der Waals surface area contributed by atoms with Gasteiger partial charge in [0.2, 0.25) is 5.91 Å². The Morgan fingerprint density at radius 2 is 1.69 bits per heavy atom. The summed E-state index contributed by atoms with van der Waals surface area (Å²) in [5, 5.41) is 4.27. The second-order valence-corrected chi connectivity index (χ2v) is 12.4. The SMILES string of the molecule is Cc1cc(-c2ccc(-c3cnn(C)c3)cc2)ccc1C1=NC2(CC2)C(=O)N1C[C@@H]1CCN(C(=O)C2(C)CC2)C1. The van der Waals surface area contributed by atoms with Crippen molar-refractivity contribution in [2.75, 3.05) is 19.6 Å². The second-order valence-electron chi connectivity index (χ2n) is 12.4. The number of aromatic nitrogens is 2. The molecule has 39 heavy (non-hydrogen) atoms. The molecule has 4 aliphatic rings. The molecule has 2 aliphatic heterocycles. The maximum atomic E-state index is 13.5. The van der Waals surface area contributed by atoms with E-state index in [4.69, 9.17) is 4.99 Å². The van der Waals surface area contributed by atoms with Crippen LogP contribution in [0.15, 0.2) is 59.9 Å². The number of likely N-dealkylation sites (tertiary alicyclic amines) is 1. The average molecular weight is 522 g/mol. The van der Waals surface area contributed by atoms with Gasteiger partial charge in [-0.1, -0.05) is 49.4 Å². The maximum absolute atomic E-state index is 13.5. The number of nitrogens with zero attached hydrogens (tertiary/aromatic N) is 5. The third-order valence-corrected chi connectivity index (χ3v) is 9.20. The molecule has 3 heterocycles. The van der Waals surface area contributed by atoms with E-state index in [1.165, 1.54) is 0 Å². The summed E-state index contributed by atoms with van der Waals surface area (Å²) < 4.78 is 1.81. The van der Waals surface area contributed by atoms with Crippen LogP contribution in [-0.2, 0) is 16.6 Å². The Morgan fingerprint density at radius 3 is 2.31 bits per heavy atom. The minimum atomic E-state index is -0.543. The van der Waals surface area contributed by atoms with E-state index in [-0.39, 0.29) is 17.2 Å². The highest BCUT2D eigenvalue weighted by Gasteiger charge is 2.58. The summed E-state index contributed by atoms with van der Waals surface area (Å²) in [6.45, 7) is 6.36. The van der Waals surface area contributed by atoms with Crippen LogP contribution < -0.4 is 0 Å². The summed E-state index contributed by atoms with van der Waals surface area (Å²) >= 11 is 0. The molecule has 7 rings (SSSR count). The molecule has 7 heteroatoms. The van der Waals surface area contributed by atoms with Crippen molar-refractivity contribution >= 4 is 17.6 Å². The lowest BCUT2D eigenvalue weighted by Crippen LogP contribution is -2.41. The van der Waals surface area contributed by atoms with E-state index in [9.17, 15) is 9.59 Å². The lowest BCUT2D eigenvalue weighted by Gasteiger charge is -2.25. The molecule has 3 aromatic rings. The number of carbonyl (C=O) groups is 2. The van der Waals surface area contributed by atoms with Gasteiger partial charge in [-0.15, -0.1) is 0 Å². The molecule has 1 saturated heterocycles. The zero-order chi connectivity index (χ0) is 26.9. The van der Waals surface area contributed by atoms with E-state index in [0.29, 0.717) is 12.5 Å². The van der Waals surface area contributed by atoms with Crippen molar-refractivity contribution < 1.29 is 9.59 Å². The van der Waals surface area contributed by atoms with Gasteiger partial charge in [0.15, 0.2) is 0 Å². The predicted octanol–water partition coefficient (Wildman–Crippen LogP) is 4.83. The summed E-state index contributed by atoms with van der Waals surface area (Å²) in [6, 6.07) is 15.0. The highest BCUT2D eigenvalue weighted by Crippen LogP contribution is 2.48. The summed E-state index contributed by atoms with van der Waals surface area (Å²) in [4.78, 5) is 35.4. The van der Waals surface area contributed by atoms with Gasteiger partial charge in [-0.25, -0.2) is 0 Å². The monoisotopic (exact) mass is 521 g/mol. The lowest BCUT2D eigenvalue weighted by molar-refractivity contribution is -0.135. The van der Waals surface area contributed by atoms with Crippen LogP contribution in [-0.4, -0.2) is 62.4 Å². The Kier molecular flexibility index (Phi) is 5.38. The highest BCUT2D eigenvalue weighted by atomic mass is 16.2. The van der Waals surface area contributed by atoms with Crippen LogP contribution in [0.25, 0.3) is 22.3 Å². The van der Waals surface area contributed by atoms with Gasteiger partial charge in [0.1, 0.15) is 11.4 Å².